The zero-order chi connectivity index (χ0) is 97.6. The van der Waals surface area contributed by atoms with Crippen LogP contribution in [0.5, 0.6) is 0 Å². The molecule has 0 saturated carbocycles. The second-order valence-corrected chi connectivity index (χ2v) is 33.2. The standard InChI is InChI=1S/C73H121N5O54/c1-17-38(93)49(104)53(108)67(117-17)114-15-31-58(46(101)34(63(111)118-31)74-18(2)86)126-65-36(76-20(4)88)47(102)57(28(12-84)122-65)128-69-55(110)60(129-71-62(52(107)42(97)26(10-82)121-71)131-64-35(75-19(3)87)45(100)40(95)24(8-80)119-64)44(99)29(124-69)14-115-70-61(51(106)41(96)25(9-81)120-70)130-66-37(77-21(5)89)48(103)56(27(11-83)123-66)127-68-54(109)50(105)43(98)30(125-68)16-116-73(72(112)113)6-22(90)33(78-32(92)13-85)59(132-73)39(94)23(91)7-79/h17,22-31,33-71,79-85,90-91,93-111H,6-16H2,1-5H3,(H,74,86)(H,75,87)(H,76,88)(H,77,89)(H,78,92)(H,112,113)/t17-,22+,23-,24-,25-,26-,27-,28-,29-,30-,31-,33-,34-,35-,36-,37-,38+,39-,40-,41-,42-,43+,44-,45-,46-,47-,48-,49+,50+,51+,52+,53-,54-,55+,56-,57-,58-,59-,60+,61+,62+,63-,64+,65+,66+,67+,68+,69+,70+,71-,73-/m1/s1. The maximum absolute atomic E-state index is 13.3. The lowest BCUT2D eigenvalue weighted by atomic mass is 9.88. The minimum Gasteiger partial charge on any atom is -0.477 e. The molecule has 10 fully saturated rings. The molecular weight excluding hydrogens is 1810 g/mol. The summed E-state index contributed by atoms with van der Waals surface area (Å²) in [6, 6.07) is -9.56. The largest absolute Gasteiger partial charge is 0.477 e. The minimum atomic E-state index is -3.16. The third kappa shape index (κ3) is 24.3. The normalized spacial score (nSPS) is 47.2. The molecule has 10 heterocycles. The second kappa shape index (κ2) is 47.3. The van der Waals surface area contributed by atoms with Crippen molar-refractivity contribution in [1.29, 1.82) is 0 Å². The van der Waals surface area contributed by atoms with Crippen LogP contribution in [0.25, 0.3) is 0 Å². The van der Waals surface area contributed by atoms with Gasteiger partial charge in [-0.15, -0.1) is 0 Å². The van der Waals surface area contributed by atoms with Crippen LogP contribution in [-0.4, -0.2) is 562 Å². The van der Waals surface area contributed by atoms with E-state index in [1.165, 1.54) is 6.92 Å². The van der Waals surface area contributed by atoms with Crippen LogP contribution in [0.3, 0.4) is 0 Å². The predicted molar refractivity (Wildman–Crippen MR) is 405 cm³/mol. The number of ether oxygens (including phenoxy) is 19. The Morgan fingerprint density at radius 1 is 0.341 bits per heavy atom. The van der Waals surface area contributed by atoms with Gasteiger partial charge < -0.3 is 265 Å². The lowest BCUT2D eigenvalue weighted by Crippen LogP contribution is -2.71. The fourth-order valence-corrected chi connectivity index (χ4v) is 16.8. The fourth-order valence-electron chi connectivity index (χ4n) is 16.8. The zero-order valence-electron chi connectivity index (χ0n) is 70.8. The molecule has 0 unspecified atom stereocenters. The van der Waals surface area contributed by atoms with Gasteiger partial charge in [0.15, 0.2) is 56.6 Å². The number of nitrogens with one attached hydrogen (secondary N) is 5. The molecule has 0 aliphatic carbocycles. The Labute approximate surface area is 746 Å². The van der Waals surface area contributed by atoms with E-state index in [0.717, 1.165) is 27.7 Å². The van der Waals surface area contributed by atoms with Gasteiger partial charge in [-0.05, 0) is 6.92 Å². The molecule has 0 aromatic rings. The summed E-state index contributed by atoms with van der Waals surface area (Å²) >= 11 is 0. The molecule has 0 spiro atoms. The van der Waals surface area contributed by atoms with E-state index in [9.17, 15) is 177 Å². The first-order chi connectivity index (χ1) is 62.2. The Morgan fingerprint density at radius 3 is 1.20 bits per heavy atom. The summed E-state index contributed by atoms with van der Waals surface area (Å²) < 4.78 is 113. The highest BCUT2D eigenvalue weighted by Gasteiger charge is 2.63. The average Bonchev–Trinajstić information content (AvgIpc) is 0.770. The monoisotopic (exact) mass is 1930 g/mol. The Hall–Kier alpha value is -5.06. The molecule has 132 heavy (non-hydrogen) atoms. The summed E-state index contributed by atoms with van der Waals surface area (Å²) in [6.45, 7) is -6.81. The third-order valence-electron chi connectivity index (χ3n) is 23.9. The van der Waals surface area contributed by atoms with Gasteiger partial charge in [0.25, 0.3) is 5.79 Å². The van der Waals surface area contributed by atoms with Gasteiger partial charge in [0.05, 0.1) is 77.7 Å². The van der Waals surface area contributed by atoms with Gasteiger partial charge in [-0.25, -0.2) is 4.79 Å². The molecule has 51 atom stereocenters. The maximum atomic E-state index is 13.3. The first-order valence-corrected chi connectivity index (χ1v) is 41.8. The summed E-state index contributed by atoms with van der Waals surface area (Å²) in [5.74, 6) is -10.3. The highest BCUT2D eigenvalue weighted by atomic mass is 16.8. The lowest BCUT2D eigenvalue weighted by molar-refractivity contribution is -0.397. The van der Waals surface area contributed by atoms with E-state index < -0.39 is 420 Å². The van der Waals surface area contributed by atoms with E-state index in [4.69, 9.17) is 90.0 Å². The molecular formula is C73H121N5O54. The van der Waals surface area contributed by atoms with Crippen molar-refractivity contribution >= 4 is 35.5 Å². The van der Waals surface area contributed by atoms with Crippen molar-refractivity contribution in [1.82, 2.24) is 26.6 Å². The van der Waals surface area contributed by atoms with Crippen LogP contribution in [0.15, 0.2) is 0 Å². The number of carbonyl (C=O) groups excluding carboxylic acids is 5. The van der Waals surface area contributed by atoms with E-state index in [-0.39, 0.29) is 0 Å². The molecule has 0 bridgehead atoms. The number of carboxylic acid groups (broad SMARTS) is 1. The first kappa shape index (κ1) is 109. The first-order valence-electron chi connectivity index (χ1n) is 41.8. The molecule has 59 nitrogen and oxygen atoms in total. The van der Waals surface area contributed by atoms with Crippen LogP contribution in [0.2, 0.25) is 0 Å². The van der Waals surface area contributed by atoms with E-state index in [1.54, 1.807) is 0 Å². The van der Waals surface area contributed by atoms with E-state index in [2.05, 4.69) is 26.6 Å². The second-order valence-electron chi connectivity index (χ2n) is 33.2. The predicted octanol–water partition coefficient (Wildman–Crippen LogP) is -22.9. The van der Waals surface area contributed by atoms with Gasteiger partial charge in [-0.1, -0.05) is 0 Å². The van der Waals surface area contributed by atoms with Crippen molar-refractivity contribution in [2.24, 2.45) is 0 Å². The summed E-state index contributed by atoms with van der Waals surface area (Å²) in [7, 11) is 0. The van der Waals surface area contributed by atoms with Gasteiger partial charge in [0.2, 0.25) is 29.5 Å². The van der Waals surface area contributed by atoms with Gasteiger partial charge >= 0.3 is 5.97 Å². The molecule has 34 N–H and O–H groups in total. The molecule has 10 aliphatic rings. The molecule has 0 aromatic heterocycles. The minimum absolute atomic E-state index is 0.855. The smallest absolute Gasteiger partial charge is 0.364 e. The Bertz CT molecular complexity index is 3680. The molecule has 10 saturated heterocycles. The van der Waals surface area contributed by atoms with E-state index in [1.807, 2.05) is 0 Å². The Kier molecular flexibility index (Phi) is 39.0. The van der Waals surface area contributed by atoms with Crippen LogP contribution in [-0.2, 0) is 119 Å². The number of carbonyl (C=O) groups is 6. The molecule has 10 rings (SSSR count). The number of hydrogen-bond donors (Lipinski definition) is 34. The fraction of sp³-hybridized carbons (Fsp3) is 0.918. The molecule has 0 radical (unpaired) electrons. The number of aliphatic carboxylic acids is 1. The van der Waals surface area contributed by atoms with E-state index in [0.29, 0.717) is 0 Å². The number of amides is 5. The number of rotatable bonds is 36. The Balaban J connectivity index is 0.947. The van der Waals surface area contributed by atoms with Crippen molar-refractivity contribution in [3.8, 4) is 0 Å². The van der Waals surface area contributed by atoms with Crippen LogP contribution < -0.4 is 26.6 Å². The average molecular weight is 1930 g/mol. The van der Waals surface area contributed by atoms with Crippen molar-refractivity contribution in [3.05, 3.63) is 0 Å². The van der Waals surface area contributed by atoms with Crippen LogP contribution in [0.1, 0.15) is 41.0 Å². The molecule has 0 aromatic carbocycles. The van der Waals surface area contributed by atoms with Gasteiger partial charge in [0, 0.05) is 34.1 Å². The third-order valence-corrected chi connectivity index (χ3v) is 23.9. The van der Waals surface area contributed by atoms with Gasteiger partial charge in [0.1, 0.15) is 238 Å². The number of hydrogen-bond acceptors (Lipinski definition) is 53. The lowest BCUT2D eigenvalue weighted by Gasteiger charge is -2.51. The SMILES string of the molecule is CC(=O)N[C@@H]1[C@@H](O)[C@H](O[C@@H]2O[C@H](CO)[C@@H](O[C@@H]3O[C@H](CO[C@H]4O[C@H](CO)[C@@H](O)[C@H](O)[C@@H]4O[C@@H]4O[C@H](CO)[C@@H](O[C@@H]5O[C@H](CO[C@]6(C(=O)O)C[C@H](O)[C@@H](NC(=O)CO)[C@H]([C@H](O)[C@H](O)CO)O6)[C@H](O)[C@H](O)[C@H]5O)[C@H](O)[C@H]4NC(C)=O)[C@@H](O)[C@H](O[C@H]4O[C@H](CO)[C@@H](O)[C@H](O)[C@@H]4O[C@@H]4O[C@H](CO)[C@@H](O)[C@H](O)[C@H]4NC(C)=O)[C@@H]3O)[C@H](O)[C@H]2NC(C)=O)[C@@H](CO[C@H]2O[C@H](C)[C@H](O)[C@H](O)[C@H]2O)O[C@H]1O. The number of aliphatic hydroxyl groups excluding tert-OH is 28. The topological polar surface area (TPSA) is 925 Å². The van der Waals surface area contributed by atoms with Crippen molar-refractivity contribution in [2.45, 2.75) is 353 Å². The van der Waals surface area contributed by atoms with Crippen LogP contribution >= 0.6 is 0 Å². The highest BCUT2D eigenvalue weighted by Crippen LogP contribution is 2.42. The van der Waals surface area contributed by atoms with Crippen molar-refractivity contribution in [3.63, 3.8) is 0 Å². The summed E-state index contributed by atoms with van der Waals surface area (Å²) in [4.78, 5) is 76.8. The van der Waals surface area contributed by atoms with Gasteiger partial charge in [-0.2, -0.15) is 0 Å². The molecule has 5 amide bonds. The number of aliphatic hydroxyl groups is 28. The van der Waals surface area contributed by atoms with Crippen molar-refractivity contribution in [2.75, 3.05) is 66.1 Å². The zero-order valence-corrected chi connectivity index (χ0v) is 70.8. The van der Waals surface area contributed by atoms with E-state index >= 15 is 0 Å². The molecule has 10 aliphatic heterocycles. The summed E-state index contributed by atoms with van der Waals surface area (Å²) in [5.41, 5.74) is 0. The summed E-state index contributed by atoms with van der Waals surface area (Å²) in [5, 5.41) is 335. The van der Waals surface area contributed by atoms with Crippen LogP contribution in [0.4, 0.5) is 0 Å². The molecule has 762 valence electrons. The molecule has 59 heteroatoms. The van der Waals surface area contributed by atoms with Gasteiger partial charge in [-0.3, -0.25) is 24.0 Å². The summed E-state index contributed by atoms with van der Waals surface area (Å²) in [6.07, 6.45) is -98.0. The maximum Gasteiger partial charge on any atom is 0.364 e. The quantitative estimate of drug-likeness (QED) is 0.0277. The Morgan fingerprint density at radius 2 is 0.712 bits per heavy atom. The highest BCUT2D eigenvalue weighted by molar-refractivity contribution is 5.78. The number of carboxylic acids is 1. The van der Waals surface area contributed by atoms with Crippen molar-refractivity contribution < 1.29 is 267 Å². The van der Waals surface area contributed by atoms with Crippen LogP contribution in [0, 0.1) is 0 Å².